The van der Waals surface area contributed by atoms with Crippen LogP contribution in [0.2, 0.25) is 0 Å². The third-order valence-corrected chi connectivity index (χ3v) is 4.99. The van der Waals surface area contributed by atoms with Crippen molar-refractivity contribution in [1.82, 2.24) is 14.9 Å². The number of piperidine rings is 1. The van der Waals surface area contributed by atoms with Crippen LogP contribution in [0.25, 0.3) is 0 Å². The zero-order valence-electron chi connectivity index (χ0n) is 14.9. The molecule has 8 heteroatoms. The Bertz CT molecular complexity index is 675. The Morgan fingerprint density at radius 1 is 1.36 bits per heavy atom. The molecule has 1 aromatic heterocycles. The lowest BCUT2D eigenvalue weighted by atomic mass is 9.77. The molecule has 2 heterocycles. The third kappa shape index (κ3) is 5.02. The van der Waals surface area contributed by atoms with E-state index in [2.05, 4.69) is 10.3 Å². The van der Waals surface area contributed by atoms with Gasteiger partial charge in [0.15, 0.2) is 0 Å². The Morgan fingerprint density at radius 2 is 2.08 bits per heavy atom. The summed E-state index contributed by atoms with van der Waals surface area (Å²) in [5.41, 5.74) is -1.29. The van der Waals surface area contributed by atoms with Crippen LogP contribution in [0.4, 0.5) is 0 Å². The summed E-state index contributed by atoms with van der Waals surface area (Å²) < 4.78 is 12.3. The monoisotopic (exact) mass is 353 g/mol. The lowest BCUT2D eigenvalue weighted by Gasteiger charge is -2.34. The van der Waals surface area contributed by atoms with Crippen molar-refractivity contribution >= 4 is 5.97 Å². The molecule has 2 N–H and O–H groups in total. The summed E-state index contributed by atoms with van der Waals surface area (Å²) in [7, 11) is 1.55. The van der Waals surface area contributed by atoms with Gasteiger partial charge in [-0.3, -0.25) is 14.6 Å². The van der Waals surface area contributed by atoms with E-state index in [9.17, 15) is 14.4 Å². The van der Waals surface area contributed by atoms with E-state index in [1.54, 1.807) is 7.11 Å². The van der Waals surface area contributed by atoms with Crippen LogP contribution in [-0.4, -0.2) is 48.4 Å². The molecule has 1 aliphatic rings. The van der Waals surface area contributed by atoms with Gasteiger partial charge >= 0.3 is 11.7 Å². The topological polar surface area (TPSA) is 102 Å². The van der Waals surface area contributed by atoms with E-state index in [1.165, 1.54) is 16.8 Å². The highest BCUT2D eigenvalue weighted by atomic mass is 16.6. The van der Waals surface area contributed by atoms with Crippen molar-refractivity contribution in [2.75, 3.05) is 26.8 Å². The fourth-order valence-electron chi connectivity index (χ4n) is 3.10. The zero-order valence-corrected chi connectivity index (χ0v) is 14.9. The lowest BCUT2D eigenvalue weighted by molar-refractivity contribution is -0.161. The van der Waals surface area contributed by atoms with E-state index in [0.29, 0.717) is 13.0 Å². The first-order valence-corrected chi connectivity index (χ1v) is 8.71. The van der Waals surface area contributed by atoms with Gasteiger partial charge in [-0.1, -0.05) is 6.92 Å². The van der Waals surface area contributed by atoms with Gasteiger partial charge in [-0.2, -0.15) is 0 Å². The molecule has 1 fully saturated rings. The van der Waals surface area contributed by atoms with Crippen LogP contribution < -0.4 is 16.6 Å². The number of nitrogens with zero attached hydrogens (tertiary/aromatic N) is 1. The number of aromatic amines is 1. The SMILES string of the molecule is CCC1(C(=O)OCC(CCn2ccc(=O)[nH]c2=O)OC)CCNCC1. The Kier molecular flexibility index (Phi) is 6.95. The van der Waals surface area contributed by atoms with Crippen molar-refractivity contribution in [3.63, 3.8) is 0 Å². The molecule has 25 heavy (non-hydrogen) atoms. The fraction of sp³-hybridized carbons (Fsp3) is 0.706. The minimum absolute atomic E-state index is 0.155. The molecule has 0 amide bonds. The molecule has 1 aromatic rings. The minimum Gasteiger partial charge on any atom is -0.463 e. The molecule has 0 aliphatic carbocycles. The number of methoxy groups -OCH3 is 1. The molecule has 140 valence electrons. The molecule has 0 radical (unpaired) electrons. The van der Waals surface area contributed by atoms with Gasteiger partial charge in [-0.25, -0.2) is 4.79 Å². The third-order valence-electron chi connectivity index (χ3n) is 4.99. The molecule has 1 atom stereocenters. The Hall–Kier alpha value is -1.93. The number of rotatable bonds is 8. The van der Waals surface area contributed by atoms with Gasteiger partial charge < -0.3 is 19.4 Å². The molecule has 0 bridgehead atoms. The van der Waals surface area contributed by atoms with Crippen LogP contribution in [0, 0.1) is 5.41 Å². The van der Waals surface area contributed by atoms with Crippen LogP contribution in [0.3, 0.4) is 0 Å². The Balaban J connectivity index is 1.87. The van der Waals surface area contributed by atoms with Crippen molar-refractivity contribution in [1.29, 1.82) is 0 Å². The molecule has 0 spiro atoms. The maximum Gasteiger partial charge on any atom is 0.328 e. The van der Waals surface area contributed by atoms with Crippen molar-refractivity contribution in [3.05, 3.63) is 33.1 Å². The molecule has 1 unspecified atom stereocenters. The number of hydrogen-bond donors (Lipinski definition) is 2. The zero-order chi connectivity index (χ0) is 18.3. The predicted molar refractivity (Wildman–Crippen MR) is 92.5 cm³/mol. The summed E-state index contributed by atoms with van der Waals surface area (Å²) >= 11 is 0. The van der Waals surface area contributed by atoms with Crippen LogP contribution in [0.1, 0.15) is 32.6 Å². The number of aryl methyl sites for hydroxylation is 1. The quantitative estimate of drug-likeness (QED) is 0.650. The van der Waals surface area contributed by atoms with Crippen LogP contribution in [-0.2, 0) is 20.8 Å². The maximum atomic E-state index is 12.5. The second-order valence-electron chi connectivity index (χ2n) is 6.43. The largest absolute Gasteiger partial charge is 0.463 e. The molecule has 0 saturated carbocycles. The highest BCUT2D eigenvalue weighted by molar-refractivity contribution is 5.77. The molecular formula is C17H27N3O5. The van der Waals surface area contributed by atoms with E-state index in [0.717, 1.165) is 32.4 Å². The van der Waals surface area contributed by atoms with Gasteiger partial charge in [0.1, 0.15) is 6.61 Å². The summed E-state index contributed by atoms with van der Waals surface area (Å²) in [6.07, 6.45) is 3.97. The standard InChI is InChI=1S/C17H27N3O5/c1-3-17(6-8-18-9-7-17)15(22)25-12-13(24-2)4-10-20-11-5-14(21)19-16(20)23/h5,11,13,18H,3-4,6-10,12H2,1-2H3,(H,19,21,23). The van der Waals surface area contributed by atoms with Gasteiger partial charge in [0.2, 0.25) is 0 Å². The van der Waals surface area contributed by atoms with E-state index in [-0.39, 0.29) is 18.7 Å². The Morgan fingerprint density at radius 3 is 2.68 bits per heavy atom. The van der Waals surface area contributed by atoms with Crippen LogP contribution >= 0.6 is 0 Å². The second-order valence-corrected chi connectivity index (χ2v) is 6.43. The summed E-state index contributed by atoms with van der Waals surface area (Å²) in [5, 5.41) is 3.26. The van der Waals surface area contributed by atoms with E-state index in [4.69, 9.17) is 9.47 Å². The number of carbonyl (C=O) groups excluding carboxylic acids is 1. The molecule has 8 nitrogen and oxygen atoms in total. The van der Waals surface area contributed by atoms with E-state index in [1.807, 2.05) is 6.92 Å². The summed E-state index contributed by atoms with van der Waals surface area (Å²) in [6, 6.07) is 1.30. The molecule has 0 aromatic carbocycles. The number of ether oxygens (including phenoxy) is 2. The normalized spacial score (nSPS) is 17.8. The first-order chi connectivity index (χ1) is 12.0. The maximum absolute atomic E-state index is 12.5. The molecular weight excluding hydrogens is 326 g/mol. The number of esters is 1. The first-order valence-electron chi connectivity index (χ1n) is 8.71. The number of carbonyl (C=O) groups is 1. The lowest BCUT2D eigenvalue weighted by Crippen LogP contribution is -2.43. The average Bonchev–Trinajstić information content (AvgIpc) is 2.63. The van der Waals surface area contributed by atoms with Gasteiger partial charge in [0, 0.05) is 25.9 Å². The summed E-state index contributed by atoms with van der Waals surface area (Å²) in [6.45, 7) is 4.19. The second kappa shape index (κ2) is 8.96. The number of aromatic nitrogens is 2. The molecule has 1 saturated heterocycles. The van der Waals surface area contributed by atoms with Gasteiger partial charge in [0.05, 0.1) is 11.5 Å². The van der Waals surface area contributed by atoms with Crippen molar-refractivity contribution in [3.8, 4) is 0 Å². The van der Waals surface area contributed by atoms with Crippen molar-refractivity contribution < 1.29 is 14.3 Å². The van der Waals surface area contributed by atoms with Gasteiger partial charge in [-0.05, 0) is 38.8 Å². The average molecular weight is 353 g/mol. The molecule has 1 aliphatic heterocycles. The Labute approximate surface area is 146 Å². The minimum atomic E-state index is -0.459. The smallest absolute Gasteiger partial charge is 0.328 e. The fourth-order valence-corrected chi connectivity index (χ4v) is 3.10. The van der Waals surface area contributed by atoms with Crippen molar-refractivity contribution in [2.24, 2.45) is 5.41 Å². The highest BCUT2D eigenvalue weighted by Crippen LogP contribution is 2.34. The van der Waals surface area contributed by atoms with E-state index >= 15 is 0 Å². The number of hydrogen-bond acceptors (Lipinski definition) is 6. The van der Waals surface area contributed by atoms with E-state index < -0.39 is 16.7 Å². The summed E-state index contributed by atoms with van der Waals surface area (Å²) in [4.78, 5) is 37.5. The molecule has 2 rings (SSSR count). The van der Waals surface area contributed by atoms with Crippen LogP contribution in [0.5, 0.6) is 0 Å². The van der Waals surface area contributed by atoms with Gasteiger partial charge in [-0.15, -0.1) is 0 Å². The number of nitrogens with one attached hydrogen (secondary N) is 2. The number of H-pyrrole nitrogens is 1. The highest BCUT2D eigenvalue weighted by Gasteiger charge is 2.39. The summed E-state index contributed by atoms with van der Waals surface area (Å²) in [5.74, 6) is -0.167. The van der Waals surface area contributed by atoms with Crippen molar-refractivity contribution in [2.45, 2.75) is 45.3 Å². The van der Waals surface area contributed by atoms with Crippen LogP contribution in [0.15, 0.2) is 21.9 Å². The van der Waals surface area contributed by atoms with Gasteiger partial charge in [0.25, 0.3) is 5.56 Å². The first kappa shape index (κ1) is 19.4. The predicted octanol–water partition coefficient (Wildman–Crippen LogP) is 0.265.